The summed E-state index contributed by atoms with van der Waals surface area (Å²) in [7, 11) is -3.66. The number of sulfonamides is 1. The van der Waals surface area contributed by atoms with Crippen LogP contribution in [0.5, 0.6) is 0 Å². The van der Waals surface area contributed by atoms with Crippen molar-refractivity contribution < 1.29 is 27.5 Å². The van der Waals surface area contributed by atoms with Crippen LogP contribution in [0.25, 0.3) is 0 Å². The number of nitrogens with one attached hydrogen (secondary N) is 1. The summed E-state index contributed by atoms with van der Waals surface area (Å²) in [6.07, 6.45) is -1.07. The molecule has 1 amide bonds. The van der Waals surface area contributed by atoms with Crippen LogP contribution in [0.1, 0.15) is 13.3 Å². The van der Waals surface area contributed by atoms with Crippen molar-refractivity contribution >= 4 is 21.9 Å². The molecule has 0 radical (unpaired) electrons. The van der Waals surface area contributed by atoms with E-state index < -0.39 is 22.1 Å². The number of benzene rings is 1. The molecule has 1 atom stereocenters. The Morgan fingerprint density at radius 1 is 1.24 bits per heavy atom. The van der Waals surface area contributed by atoms with Crippen LogP contribution in [0.4, 0.5) is 0 Å². The van der Waals surface area contributed by atoms with Crippen LogP contribution in [-0.2, 0) is 29.1 Å². The van der Waals surface area contributed by atoms with Crippen LogP contribution >= 0.6 is 0 Å². The maximum atomic E-state index is 12.1. The number of rotatable bonds is 7. The van der Waals surface area contributed by atoms with Gasteiger partial charge in [0.1, 0.15) is 0 Å². The first-order valence-electron chi connectivity index (χ1n) is 8.01. The number of ether oxygens (including phenoxy) is 2. The van der Waals surface area contributed by atoms with Crippen molar-refractivity contribution in [2.75, 3.05) is 32.8 Å². The van der Waals surface area contributed by atoms with Gasteiger partial charge in [0, 0.05) is 19.6 Å². The van der Waals surface area contributed by atoms with E-state index in [0.29, 0.717) is 26.3 Å². The number of esters is 1. The van der Waals surface area contributed by atoms with Gasteiger partial charge < -0.3 is 14.4 Å². The van der Waals surface area contributed by atoms with E-state index in [4.69, 9.17) is 9.47 Å². The van der Waals surface area contributed by atoms with Gasteiger partial charge in [-0.05, 0) is 19.1 Å². The summed E-state index contributed by atoms with van der Waals surface area (Å²) < 4.78 is 36.6. The minimum absolute atomic E-state index is 0.103. The zero-order valence-corrected chi connectivity index (χ0v) is 14.8. The topological polar surface area (TPSA) is 102 Å². The Bertz CT molecular complexity index is 686. The zero-order valence-electron chi connectivity index (χ0n) is 14.0. The number of nitrogens with zero attached hydrogens (tertiary/aromatic N) is 1. The molecular weight excluding hydrogens is 348 g/mol. The quantitative estimate of drug-likeness (QED) is 0.686. The molecule has 1 heterocycles. The molecule has 1 saturated heterocycles. The van der Waals surface area contributed by atoms with E-state index in [1.165, 1.54) is 19.1 Å². The van der Waals surface area contributed by atoms with Crippen molar-refractivity contribution in [2.24, 2.45) is 0 Å². The molecule has 1 aliphatic rings. The SMILES string of the molecule is C[C@@H](OC(=O)CCNS(=O)(=O)c1ccccc1)C(=O)N1CCOCC1. The molecule has 25 heavy (non-hydrogen) atoms. The lowest BCUT2D eigenvalue weighted by molar-refractivity contribution is -0.160. The van der Waals surface area contributed by atoms with Crippen LogP contribution in [-0.4, -0.2) is 64.1 Å². The summed E-state index contributed by atoms with van der Waals surface area (Å²) >= 11 is 0. The smallest absolute Gasteiger partial charge is 0.307 e. The summed E-state index contributed by atoms with van der Waals surface area (Å²) in [5.41, 5.74) is 0. The molecule has 9 heteroatoms. The van der Waals surface area contributed by atoms with E-state index in [1.54, 1.807) is 23.1 Å². The molecule has 0 spiro atoms. The number of carbonyl (C=O) groups excluding carboxylic acids is 2. The lowest BCUT2D eigenvalue weighted by Gasteiger charge is -2.28. The van der Waals surface area contributed by atoms with E-state index in [0.717, 1.165) is 0 Å². The number of hydrogen-bond acceptors (Lipinski definition) is 6. The Morgan fingerprint density at radius 3 is 2.52 bits per heavy atom. The third-order valence-corrected chi connectivity index (χ3v) is 5.13. The second-order valence-corrected chi connectivity index (χ2v) is 7.30. The highest BCUT2D eigenvalue weighted by Crippen LogP contribution is 2.07. The molecule has 1 aromatic carbocycles. The first-order chi connectivity index (χ1) is 11.9. The minimum Gasteiger partial charge on any atom is -0.452 e. The van der Waals surface area contributed by atoms with Crippen LogP contribution in [0, 0.1) is 0 Å². The van der Waals surface area contributed by atoms with Gasteiger partial charge in [0.2, 0.25) is 10.0 Å². The third kappa shape index (κ3) is 5.80. The number of hydrogen-bond donors (Lipinski definition) is 1. The van der Waals surface area contributed by atoms with Crippen LogP contribution in [0.15, 0.2) is 35.2 Å². The van der Waals surface area contributed by atoms with Gasteiger partial charge in [-0.25, -0.2) is 13.1 Å². The summed E-state index contributed by atoms with van der Waals surface area (Å²) in [6, 6.07) is 7.86. The van der Waals surface area contributed by atoms with Gasteiger partial charge in [0.15, 0.2) is 6.10 Å². The van der Waals surface area contributed by atoms with Crippen molar-refractivity contribution in [3.63, 3.8) is 0 Å². The van der Waals surface area contributed by atoms with Crippen molar-refractivity contribution in [1.82, 2.24) is 9.62 Å². The summed E-state index contributed by atoms with van der Waals surface area (Å²) in [5, 5.41) is 0. The predicted octanol–water partition coefficient (Wildman–Crippen LogP) is 0.146. The number of amides is 1. The number of carbonyl (C=O) groups is 2. The van der Waals surface area contributed by atoms with Gasteiger partial charge in [0.25, 0.3) is 5.91 Å². The van der Waals surface area contributed by atoms with Gasteiger partial charge >= 0.3 is 5.97 Å². The summed E-state index contributed by atoms with van der Waals surface area (Å²) in [5.74, 6) is -0.911. The van der Waals surface area contributed by atoms with Crippen molar-refractivity contribution in [1.29, 1.82) is 0 Å². The normalized spacial score (nSPS) is 16.3. The highest BCUT2D eigenvalue weighted by Gasteiger charge is 2.25. The molecule has 0 saturated carbocycles. The summed E-state index contributed by atoms with van der Waals surface area (Å²) in [4.78, 5) is 25.7. The molecule has 138 valence electrons. The first kappa shape index (κ1) is 19.4. The molecule has 2 rings (SSSR count). The van der Waals surface area contributed by atoms with Gasteiger partial charge in [-0.3, -0.25) is 9.59 Å². The lowest BCUT2D eigenvalue weighted by Crippen LogP contribution is -2.46. The molecule has 1 aliphatic heterocycles. The largest absolute Gasteiger partial charge is 0.452 e. The van der Waals surface area contributed by atoms with Gasteiger partial charge in [0.05, 0.1) is 24.5 Å². The fourth-order valence-electron chi connectivity index (χ4n) is 2.32. The molecular formula is C16H22N2O6S. The van der Waals surface area contributed by atoms with Crippen LogP contribution < -0.4 is 4.72 Å². The highest BCUT2D eigenvalue weighted by atomic mass is 32.2. The fraction of sp³-hybridized carbons (Fsp3) is 0.500. The molecule has 1 fully saturated rings. The molecule has 0 bridgehead atoms. The Balaban J connectivity index is 1.75. The molecule has 0 aliphatic carbocycles. The van der Waals surface area contributed by atoms with Crippen LogP contribution in [0.2, 0.25) is 0 Å². The zero-order chi connectivity index (χ0) is 18.3. The fourth-order valence-corrected chi connectivity index (χ4v) is 3.37. The van der Waals surface area contributed by atoms with Gasteiger partial charge in [-0.1, -0.05) is 18.2 Å². The second-order valence-electron chi connectivity index (χ2n) is 5.53. The lowest BCUT2D eigenvalue weighted by atomic mass is 10.3. The van der Waals surface area contributed by atoms with E-state index in [1.807, 2.05) is 0 Å². The molecule has 1 N–H and O–H groups in total. The van der Waals surface area contributed by atoms with Crippen LogP contribution in [0.3, 0.4) is 0 Å². The Kier molecular flexibility index (Phi) is 6.91. The Labute approximate surface area is 147 Å². The molecule has 0 aromatic heterocycles. The van der Waals surface area contributed by atoms with Crippen molar-refractivity contribution in [3.8, 4) is 0 Å². The Morgan fingerprint density at radius 2 is 1.88 bits per heavy atom. The van der Waals surface area contributed by atoms with Crippen molar-refractivity contribution in [3.05, 3.63) is 30.3 Å². The maximum absolute atomic E-state index is 12.1. The minimum atomic E-state index is -3.66. The highest BCUT2D eigenvalue weighted by molar-refractivity contribution is 7.89. The standard InChI is InChI=1S/C16H22N2O6S/c1-13(16(20)18-9-11-23-12-10-18)24-15(19)7-8-17-25(21,22)14-5-3-2-4-6-14/h2-6,13,17H,7-12H2,1H3/t13-/m1/s1. The summed E-state index contributed by atoms with van der Waals surface area (Å²) in [6.45, 7) is 3.27. The predicted molar refractivity (Wildman–Crippen MR) is 89.2 cm³/mol. The molecule has 8 nitrogen and oxygen atoms in total. The van der Waals surface area contributed by atoms with E-state index in [2.05, 4.69) is 4.72 Å². The van der Waals surface area contributed by atoms with Gasteiger partial charge in [-0.15, -0.1) is 0 Å². The Hall–Kier alpha value is -1.97. The van der Waals surface area contributed by atoms with E-state index in [-0.39, 0.29) is 23.8 Å². The monoisotopic (exact) mass is 370 g/mol. The second kappa shape index (κ2) is 8.93. The van der Waals surface area contributed by atoms with Gasteiger partial charge in [-0.2, -0.15) is 0 Å². The molecule has 1 aromatic rings. The maximum Gasteiger partial charge on any atom is 0.307 e. The number of morpholine rings is 1. The molecule has 0 unspecified atom stereocenters. The first-order valence-corrected chi connectivity index (χ1v) is 9.49. The van der Waals surface area contributed by atoms with E-state index >= 15 is 0 Å². The van der Waals surface area contributed by atoms with E-state index in [9.17, 15) is 18.0 Å². The average molecular weight is 370 g/mol. The third-order valence-electron chi connectivity index (χ3n) is 3.65. The van der Waals surface area contributed by atoms with Crippen molar-refractivity contribution in [2.45, 2.75) is 24.3 Å². The average Bonchev–Trinajstić information content (AvgIpc) is 2.62.